The van der Waals surface area contributed by atoms with Crippen LogP contribution in [0.25, 0.3) is 10.9 Å². The first-order valence-corrected chi connectivity index (χ1v) is 7.06. The Morgan fingerprint density at radius 3 is 2.73 bits per heavy atom. The van der Waals surface area contributed by atoms with Gasteiger partial charge in [0.2, 0.25) is 5.56 Å². The highest BCUT2D eigenvalue weighted by Crippen LogP contribution is 2.15. The van der Waals surface area contributed by atoms with Crippen LogP contribution in [-0.4, -0.2) is 30.1 Å². The number of pyridine rings is 1. The van der Waals surface area contributed by atoms with Crippen molar-refractivity contribution < 1.29 is 19.1 Å². The molecule has 0 amide bonds. The summed E-state index contributed by atoms with van der Waals surface area (Å²) in [5, 5.41) is 0.562. The lowest BCUT2D eigenvalue weighted by atomic mass is 10.1. The molecule has 6 heteroatoms. The van der Waals surface area contributed by atoms with Crippen molar-refractivity contribution in [3.05, 3.63) is 46.2 Å². The van der Waals surface area contributed by atoms with E-state index in [2.05, 4.69) is 4.98 Å². The highest BCUT2D eigenvalue weighted by Gasteiger charge is 2.15. The second kappa shape index (κ2) is 7.40. The van der Waals surface area contributed by atoms with E-state index in [9.17, 15) is 14.4 Å². The van der Waals surface area contributed by atoms with Crippen molar-refractivity contribution in [2.75, 3.05) is 13.2 Å². The van der Waals surface area contributed by atoms with Gasteiger partial charge in [-0.05, 0) is 12.5 Å². The van der Waals surface area contributed by atoms with Crippen LogP contribution in [0.4, 0.5) is 0 Å². The summed E-state index contributed by atoms with van der Waals surface area (Å²) in [5.74, 6) is -1.33. The average molecular weight is 303 g/mol. The first-order valence-electron chi connectivity index (χ1n) is 7.06. The van der Waals surface area contributed by atoms with E-state index in [0.717, 1.165) is 18.9 Å². The van der Waals surface area contributed by atoms with Gasteiger partial charge in [-0.25, -0.2) is 9.59 Å². The number of unbranched alkanes of at least 4 members (excludes halogenated alkanes) is 1. The van der Waals surface area contributed by atoms with Crippen LogP contribution >= 0.6 is 0 Å². The third-order valence-electron chi connectivity index (χ3n) is 3.05. The Morgan fingerprint density at radius 2 is 1.95 bits per heavy atom. The molecule has 22 heavy (non-hydrogen) atoms. The molecule has 0 atom stereocenters. The predicted molar refractivity (Wildman–Crippen MR) is 80.7 cm³/mol. The molecule has 0 fully saturated rings. The van der Waals surface area contributed by atoms with E-state index in [-0.39, 0.29) is 5.56 Å². The van der Waals surface area contributed by atoms with Gasteiger partial charge in [-0.2, -0.15) is 0 Å². The number of ether oxygens (including phenoxy) is 2. The number of carbonyl (C=O) groups excluding carboxylic acids is 2. The topological polar surface area (TPSA) is 85.5 Å². The number of rotatable bonds is 6. The quantitative estimate of drug-likeness (QED) is 0.652. The molecule has 2 rings (SSSR count). The number of benzene rings is 1. The number of aromatic nitrogens is 1. The van der Waals surface area contributed by atoms with E-state index in [1.165, 1.54) is 0 Å². The van der Waals surface area contributed by atoms with Crippen molar-refractivity contribution in [1.29, 1.82) is 0 Å². The van der Waals surface area contributed by atoms with Crippen molar-refractivity contribution in [1.82, 2.24) is 4.98 Å². The smallest absolute Gasteiger partial charge is 0.344 e. The number of fused-ring (bicyclic) bond motifs is 1. The third kappa shape index (κ3) is 3.94. The second-order valence-electron chi connectivity index (χ2n) is 4.74. The molecule has 0 aliphatic carbocycles. The first-order chi connectivity index (χ1) is 10.6. The highest BCUT2D eigenvalue weighted by molar-refractivity contribution is 6.03. The zero-order valence-electron chi connectivity index (χ0n) is 12.3. The Bertz CT molecular complexity index is 735. The Labute approximate surface area is 127 Å². The van der Waals surface area contributed by atoms with E-state index < -0.39 is 24.1 Å². The molecule has 0 aliphatic heterocycles. The highest BCUT2D eigenvalue weighted by atomic mass is 16.6. The molecular weight excluding hydrogens is 286 g/mol. The molecule has 0 saturated heterocycles. The van der Waals surface area contributed by atoms with Crippen LogP contribution in [-0.2, 0) is 14.3 Å². The minimum absolute atomic E-state index is 0.126. The standard InChI is InChI=1S/C16H17NO5/c1-2-3-8-21-15(19)10-22-16(20)12-9-14(18)17-13-7-5-4-6-11(12)13/h4-7,9H,2-3,8,10H2,1H3,(H,17,18). The number of hydrogen-bond acceptors (Lipinski definition) is 5. The summed E-state index contributed by atoms with van der Waals surface area (Å²) < 4.78 is 9.81. The maximum atomic E-state index is 12.1. The summed E-state index contributed by atoms with van der Waals surface area (Å²) in [6, 6.07) is 8.04. The van der Waals surface area contributed by atoms with Crippen LogP contribution in [0.15, 0.2) is 35.1 Å². The first kappa shape index (κ1) is 15.8. The fourth-order valence-corrected chi connectivity index (χ4v) is 1.95. The van der Waals surface area contributed by atoms with Crippen molar-refractivity contribution in [2.45, 2.75) is 19.8 Å². The van der Waals surface area contributed by atoms with Gasteiger partial charge in [0, 0.05) is 17.0 Å². The third-order valence-corrected chi connectivity index (χ3v) is 3.05. The molecule has 2 aromatic rings. The van der Waals surface area contributed by atoms with E-state index in [1.54, 1.807) is 24.3 Å². The van der Waals surface area contributed by atoms with Gasteiger partial charge >= 0.3 is 11.9 Å². The fourth-order valence-electron chi connectivity index (χ4n) is 1.95. The monoisotopic (exact) mass is 303 g/mol. The predicted octanol–water partition coefficient (Wildman–Crippen LogP) is 2.03. The fraction of sp³-hybridized carbons (Fsp3) is 0.312. The van der Waals surface area contributed by atoms with Gasteiger partial charge in [-0.3, -0.25) is 4.79 Å². The van der Waals surface area contributed by atoms with E-state index in [1.807, 2.05) is 6.92 Å². The zero-order valence-corrected chi connectivity index (χ0v) is 12.3. The normalized spacial score (nSPS) is 10.4. The van der Waals surface area contributed by atoms with Gasteiger partial charge in [-0.15, -0.1) is 0 Å². The number of carbonyl (C=O) groups is 2. The van der Waals surface area contributed by atoms with Gasteiger partial charge in [0.25, 0.3) is 0 Å². The van der Waals surface area contributed by atoms with E-state index in [4.69, 9.17) is 9.47 Å². The summed E-state index contributed by atoms with van der Waals surface area (Å²) in [6.07, 6.45) is 1.67. The van der Waals surface area contributed by atoms with Crippen molar-refractivity contribution in [3.63, 3.8) is 0 Å². The molecule has 1 heterocycles. The summed E-state index contributed by atoms with van der Waals surface area (Å²) in [7, 11) is 0. The molecular formula is C16H17NO5. The summed E-state index contributed by atoms with van der Waals surface area (Å²) in [5.41, 5.74) is 0.254. The van der Waals surface area contributed by atoms with Crippen LogP contribution in [0.1, 0.15) is 30.1 Å². The lowest BCUT2D eigenvalue weighted by molar-refractivity contribution is -0.147. The molecule has 6 nitrogen and oxygen atoms in total. The summed E-state index contributed by atoms with van der Waals surface area (Å²) >= 11 is 0. The Morgan fingerprint density at radius 1 is 1.18 bits per heavy atom. The Kier molecular flexibility index (Phi) is 5.30. The number of esters is 2. The van der Waals surface area contributed by atoms with Crippen LogP contribution in [0.5, 0.6) is 0 Å². The van der Waals surface area contributed by atoms with Gasteiger partial charge in [-0.1, -0.05) is 31.5 Å². The molecule has 1 aromatic carbocycles. The number of H-pyrrole nitrogens is 1. The zero-order chi connectivity index (χ0) is 15.9. The Hall–Kier alpha value is -2.63. The van der Waals surface area contributed by atoms with Crippen molar-refractivity contribution >= 4 is 22.8 Å². The van der Waals surface area contributed by atoms with Crippen molar-refractivity contribution in [2.24, 2.45) is 0 Å². The second-order valence-corrected chi connectivity index (χ2v) is 4.74. The van der Waals surface area contributed by atoms with Crippen LogP contribution < -0.4 is 5.56 Å². The van der Waals surface area contributed by atoms with Crippen LogP contribution in [0.2, 0.25) is 0 Å². The number of aromatic amines is 1. The molecule has 0 bridgehead atoms. The number of para-hydroxylation sites is 1. The minimum Gasteiger partial charge on any atom is -0.463 e. The maximum Gasteiger partial charge on any atom is 0.344 e. The Balaban J connectivity index is 2.07. The van der Waals surface area contributed by atoms with Crippen LogP contribution in [0, 0.1) is 0 Å². The molecule has 0 radical (unpaired) electrons. The maximum absolute atomic E-state index is 12.1. The molecule has 0 spiro atoms. The minimum atomic E-state index is -0.727. The molecule has 1 aromatic heterocycles. The lowest BCUT2D eigenvalue weighted by Crippen LogP contribution is -2.19. The summed E-state index contributed by atoms with van der Waals surface area (Å²) in [6.45, 7) is 1.82. The van der Waals surface area contributed by atoms with E-state index >= 15 is 0 Å². The van der Waals surface area contributed by atoms with Gasteiger partial charge < -0.3 is 14.5 Å². The molecule has 0 unspecified atom stereocenters. The number of hydrogen-bond donors (Lipinski definition) is 1. The summed E-state index contributed by atoms with van der Waals surface area (Å²) in [4.78, 5) is 37.7. The van der Waals surface area contributed by atoms with E-state index in [0.29, 0.717) is 17.5 Å². The molecule has 1 N–H and O–H groups in total. The van der Waals surface area contributed by atoms with Gasteiger partial charge in [0.05, 0.1) is 12.2 Å². The lowest BCUT2D eigenvalue weighted by Gasteiger charge is -2.07. The number of nitrogens with one attached hydrogen (secondary N) is 1. The largest absolute Gasteiger partial charge is 0.463 e. The molecule has 0 saturated carbocycles. The van der Waals surface area contributed by atoms with Gasteiger partial charge in [0.1, 0.15) is 0 Å². The van der Waals surface area contributed by atoms with Gasteiger partial charge in [0.15, 0.2) is 6.61 Å². The molecule has 0 aliphatic rings. The van der Waals surface area contributed by atoms with Crippen molar-refractivity contribution in [3.8, 4) is 0 Å². The van der Waals surface area contributed by atoms with Crippen LogP contribution in [0.3, 0.4) is 0 Å². The SMILES string of the molecule is CCCCOC(=O)COC(=O)c1cc(=O)[nH]c2ccccc12. The average Bonchev–Trinajstić information content (AvgIpc) is 2.52. The molecule has 116 valence electrons.